The monoisotopic (exact) mass is 258 g/mol. The number of nitrogens with two attached hydrogens (primary N) is 1. The lowest BCUT2D eigenvalue weighted by Gasteiger charge is -2.24. The lowest BCUT2D eigenvalue weighted by molar-refractivity contribution is -0.138. The fourth-order valence-electron chi connectivity index (χ4n) is 2.24. The first-order valence-electron chi connectivity index (χ1n) is 6.14. The molecule has 5 heteroatoms. The van der Waals surface area contributed by atoms with Gasteiger partial charge in [-0.05, 0) is 43.5 Å². The van der Waals surface area contributed by atoms with E-state index in [0.717, 1.165) is 31.1 Å². The molecule has 0 aromatic heterocycles. The predicted octanol–water partition coefficient (Wildman–Crippen LogP) is 3.15. The molecule has 1 aliphatic carbocycles. The number of hydrogen-bond donors (Lipinski definition) is 1. The lowest BCUT2D eigenvalue weighted by Crippen LogP contribution is -2.25. The van der Waals surface area contributed by atoms with Gasteiger partial charge >= 0.3 is 6.18 Å². The van der Waals surface area contributed by atoms with Crippen LogP contribution in [0.2, 0.25) is 0 Å². The summed E-state index contributed by atoms with van der Waals surface area (Å²) in [5, 5.41) is 0. The average molecular weight is 258 g/mol. The Labute approximate surface area is 105 Å². The minimum absolute atomic E-state index is 0.0924. The molecule has 0 heterocycles. The molecule has 0 amide bonds. The largest absolute Gasteiger partial charge is 0.416 e. The highest BCUT2D eigenvalue weighted by Gasteiger charge is 2.34. The van der Waals surface area contributed by atoms with E-state index < -0.39 is 11.7 Å². The Morgan fingerprint density at radius 3 is 2.44 bits per heavy atom. The molecular weight excluding hydrogens is 241 g/mol. The zero-order chi connectivity index (χ0) is 13.3. The van der Waals surface area contributed by atoms with E-state index >= 15 is 0 Å². The summed E-state index contributed by atoms with van der Waals surface area (Å²) in [7, 11) is 0. The lowest BCUT2D eigenvalue weighted by atomic mass is 10.1. The number of halogens is 3. The van der Waals surface area contributed by atoms with Crippen molar-refractivity contribution in [2.75, 3.05) is 11.4 Å². The average Bonchev–Trinajstić information content (AvgIpc) is 3.13. The van der Waals surface area contributed by atoms with Gasteiger partial charge in [0.25, 0.3) is 0 Å². The third kappa shape index (κ3) is 2.61. The topological polar surface area (TPSA) is 29.3 Å². The second-order valence-corrected chi connectivity index (χ2v) is 4.56. The molecule has 0 radical (unpaired) electrons. The first-order chi connectivity index (χ1) is 8.47. The van der Waals surface area contributed by atoms with E-state index in [0.29, 0.717) is 6.04 Å². The van der Waals surface area contributed by atoms with Crippen molar-refractivity contribution in [3.05, 3.63) is 29.3 Å². The summed E-state index contributed by atoms with van der Waals surface area (Å²) in [6, 6.07) is 4.74. The fraction of sp³-hybridized carbons (Fsp3) is 0.538. The smallest absolute Gasteiger partial charge is 0.369 e. The van der Waals surface area contributed by atoms with Crippen LogP contribution in [0.1, 0.15) is 30.9 Å². The van der Waals surface area contributed by atoms with Crippen LogP contribution in [0.15, 0.2) is 18.2 Å². The molecule has 0 aliphatic heterocycles. The Balaban J connectivity index is 2.34. The van der Waals surface area contributed by atoms with Gasteiger partial charge in [-0.1, -0.05) is 0 Å². The molecular formula is C13H17F3N2. The van der Waals surface area contributed by atoms with Gasteiger partial charge in [0.05, 0.1) is 5.56 Å². The van der Waals surface area contributed by atoms with Crippen molar-refractivity contribution in [1.29, 1.82) is 0 Å². The second kappa shape index (κ2) is 4.80. The first-order valence-corrected chi connectivity index (χ1v) is 6.14. The molecule has 2 rings (SSSR count). The van der Waals surface area contributed by atoms with E-state index in [1.165, 1.54) is 0 Å². The summed E-state index contributed by atoms with van der Waals surface area (Å²) in [5.74, 6) is 0. The highest BCUT2D eigenvalue weighted by atomic mass is 19.4. The van der Waals surface area contributed by atoms with Crippen LogP contribution in [0, 0.1) is 0 Å². The predicted molar refractivity (Wildman–Crippen MR) is 65.4 cm³/mol. The van der Waals surface area contributed by atoms with Crippen LogP contribution in [0.3, 0.4) is 0 Å². The molecule has 1 aromatic rings. The first kappa shape index (κ1) is 13.2. The molecule has 0 unspecified atom stereocenters. The van der Waals surface area contributed by atoms with E-state index in [-0.39, 0.29) is 12.1 Å². The molecule has 0 spiro atoms. The third-order valence-corrected chi connectivity index (χ3v) is 3.27. The van der Waals surface area contributed by atoms with Crippen LogP contribution in [0.4, 0.5) is 18.9 Å². The van der Waals surface area contributed by atoms with Crippen molar-refractivity contribution in [2.45, 2.75) is 38.5 Å². The van der Waals surface area contributed by atoms with Gasteiger partial charge in [-0.15, -0.1) is 0 Å². The number of benzene rings is 1. The number of rotatable bonds is 4. The molecule has 100 valence electrons. The molecule has 1 aliphatic rings. The fourth-order valence-corrected chi connectivity index (χ4v) is 2.24. The van der Waals surface area contributed by atoms with Crippen LogP contribution in [-0.4, -0.2) is 12.6 Å². The standard InChI is InChI=1S/C13H17F3N2/c1-2-18(10-3-4-10)11-5-6-12(13(14,15)16)9(7-11)8-17/h5-7,10H,2-4,8,17H2,1H3. The van der Waals surface area contributed by atoms with Gasteiger partial charge in [-0.2, -0.15) is 13.2 Å². The summed E-state index contributed by atoms with van der Waals surface area (Å²) in [6.07, 6.45) is -2.09. The van der Waals surface area contributed by atoms with Crippen LogP contribution < -0.4 is 10.6 Å². The molecule has 18 heavy (non-hydrogen) atoms. The van der Waals surface area contributed by atoms with Crippen LogP contribution in [0.25, 0.3) is 0 Å². The Bertz CT molecular complexity index is 425. The van der Waals surface area contributed by atoms with Crippen molar-refractivity contribution in [2.24, 2.45) is 5.73 Å². The van der Waals surface area contributed by atoms with E-state index in [9.17, 15) is 13.2 Å². The van der Waals surface area contributed by atoms with Crippen molar-refractivity contribution in [3.8, 4) is 0 Å². The Kier molecular flexibility index (Phi) is 3.52. The van der Waals surface area contributed by atoms with E-state index in [4.69, 9.17) is 5.73 Å². The summed E-state index contributed by atoms with van der Waals surface area (Å²) >= 11 is 0. The molecule has 1 aromatic carbocycles. The second-order valence-electron chi connectivity index (χ2n) is 4.56. The molecule has 1 fully saturated rings. The normalized spacial score (nSPS) is 15.8. The summed E-state index contributed by atoms with van der Waals surface area (Å²) in [6.45, 7) is 2.73. The quantitative estimate of drug-likeness (QED) is 0.899. The maximum Gasteiger partial charge on any atom is 0.416 e. The van der Waals surface area contributed by atoms with Gasteiger partial charge in [-0.3, -0.25) is 0 Å². The number of nitrogens with zero attached hydrogens (tertiary/aromatic N) is 1. The van der Waals surface area contributed by atoms with Crippen molar-refractivity contribution >= 4 is 5.69 Å². The number of alkyl halides is 3. The van der Waals surface area contributed by atoms with Gasteiger partial charge in [-0.25, -0.2) is 0 Å². The third-order valence-electron chi connectivity index (χ3n) is 3.27. The maximum absolute atomic E-state index is 12.8. The van der Waals surface area contributed by atoms with Gasteiger partial charge < -0.3 is 10.6 Å². The zero-order valence-electron chi connectivity index (χ0n) is 10.3. The minimum Gasteiger partial charge on any atom is -0.369 e. The van der Waals surface area contributed by atoms with Crippen molar-refractivity contribution in [3.63, 3.8) is 0 Å². The van der Waals surface area contributed by atoms with Crippen LogP contribution >= 0.6 is 0 Å². The summed E-state index contributed by atoms with van der Waals surface area (Å²) in [5.41, 5.74) is 5.81. The highest BCUT2D eigenvalue weighted by molar-refractivity contribution is 5.53. The summed E-state index contributed by atoms with van der Waals surface area (Å²) < 4.78 is 38.3. The SMILES string of the molecule is CCN(c1ccc(C(F)(F)F)c(CN)c1)C1CC1. The van der Waals surface area contributed by atoms with Crippen molar-refractivity contribution < 1.29 is 13.2 Å². The Hall–Kier alpha value is -1.23. The van der Waals surface area contributed by atoms with E-state index in [1.807, 2.05) is 6.92 Å². The summed E-state index contributed by atoms with van der Waals surface area (Å²) in [4.78, 5) is 2.14. The van der Waals surface area contributed by atoms with E-state index in [1.54, 1.807) is 12.1 Å². The van der Waals surface area contributed by atoms with Crippen LogP contribution in [-0.2, 0) is 12.7 Å². The Morgan fingerprint density at radius 2 is 2.00 bits per heavy atom. The highest BCUT2D eigenvalue weighted by Crippen LogP contribution is 2.36. The molecule has 1 saturated carbocycles. The van der Waals surface area contributed by atoms with Gasteiger partial charge in [0.2, 0.25) is 0 Å². The maximum atomic E-state index is 12.8. The zero-order valence-corrected chi connectivity index (χ0v) is 10.3. The van der Waals surface area contributed by atoms with Crippen LogP contribution in [0.5, 0.6) is 0 Å². The minimum atomic E-state index is -4.33. The molecule has 0 atom stereocenters. The van der Waals surface area contributed by atoms with Gasteiger partial charge in [0, 0.05) is 24.8 Å². The Morgan fingerprint density at radius 1 is 1.33 bits per heavy atom. The van der Waals surface area contributed by atoms with Gasteiger partial charge in [0.1, 0.15) is 0 Å². The molecule has 2 N–H and O–H groups in total. The van der Waals surface area contributed by atoms with E-state index in [2.05, 4.69) is 4.90 Å². The molecule has 0 saturated heterocycles. The number of anilines is 1. The number of hydrogen-bond acceptors (Lipinski definition) is 2. The van der Waals surface area contributed by atoms with Gasteiger partial charge in [0.15, 0.2) is 0 Å². The molecule has 2 nitrogen and oxygen atoms in total. The van der Waals surface area contributed by atoms with Crippen molar-refractivity contribution in [1.82, 2.24) is 0 Å². The molecule has 0 bridgehead atoms.